The van der Waals surface area contributed by atoms with Crippen molar-refractivity contribution >= 4 is 11.9 Å². The molecule has 7 nitrogen and oxygen atoms in total. The molecule has 0 aliphatic carbocycles. The molecule has 0 saturated carbocycles. The van der Waals surface area contributed by atoms with E-state index in [4.69, 9.17) is 10.2 Å². The zero-order valence-electron chi connectivity index (χ0n) is 16.4. The number of rotatable bonds is 8. The molecule has 1 amide bonds. The van der Waals surface area contributed by atoms with E-state index in [-0.39, 0.29) is 5.76 Å². The number of hydrogen-bond donors (Lipinski definition) is 3. The first-order valence-electron chi connectivity index (χ1n) is 9.85. The minimum atomic E-state index is -0.569. The first-order chi connectivity index (χ1) is 13.6. The average Bonchev–Trinajstić information content (AvgIpc) is 3.37. The van der Waals surface area contributed by atoms with E-state index in [1.54, 1.807) is 12.1 Å². The van der Waals surface area contributed by atoms with Crippen LogP contribution in [0, 0.1) is 0 Å². The number of amides is 1. The number of likely N-dealkylation sites (tertiary alicyclic amines) is 1. The number of carbonyl (C=O) groups excluding carboxylic acids is 1. The summed E-state index contributed by atoms with van der Waals surface area (Å²) in [7, 11) is 0. The molecule has 1 fully saturated rings. The molecule has 1 saturated heterocycles. The highest BCUT2D eigenvalue weighted by atomic mass is 16.3. The van der Waals surface area contributed by atoms with E-state index in [0.29, 0.717) is 24.8 Å². The van der Waals surface area contributed by atoms with Gasteiger partial charge < -0.3 is 20.8 Å². The molecular formula is C21H29N5O2. The second kappa shape index (κ2) is 9.94. The summed E-state index contributed by atoms with van der Waals surface area (Å²) in [5.74, 6) is 0.916. The summed E-state index contributed by atoms with van der Waals surface area (Å²) >= 11 is 0. The van der Waals surface area contributed by atoms with Gasteiger partial charge in [-0.25, -0.2) is 4.99 Å². The van der Waals surface area contributed by atoms with Gasteiger partial charge in [0, 0.05) is 13.1 Å². The molecule has 0 spiro atoms. The van der Waals surface area contributed by atoms with E-state index in [2.05, 4.69) is 44.8 Å². The Balaban J connectivity index is 1.53. The third-order valence-electron chi connectivity index (χ3n) is 4.73. The Morgan fingerprint density at radius 2 is 1.82 bits per heavy atom. The van der Waals surface area contributed by atoms with Gasteiger partial charge in [-0.3, -0.25) is 9.69 Å². The number of primary amides is 1. The Labute approximate surface area is 166 Å². The van der Waals surface area contributed by atoms with E-state index >= 15 is 0 Å². The molecule has 2 heterocycles. The first kappa shape index (κ1) is 19.9. The maximum absolute atomic E-state index is 11.1. The van der Waals surface area contributed by atoms with Crippen LogP contribution in [0.4, 0.5) is 0 Å². The SMILES string of the molecule is CCNC(=NCc1ccc(CN2CCCC2)cc1)NCc1ccc(C(N)=O)o1. The molecule has 0 radical (unpaired) electrons. The fraction of sp³-hybridized carbons (Fsp3) is 0.429. The van der Waals surface area contributed by atoms with Gasteiger partial charge in [-0.1, -0.05) is 24.3 Å². The maximum atomic E-state index is 11.1. The lowest BCUT2D eigenvalue weighted by Crippen LogP contribution is -2.36. The molecule has 1 aliphatic heterocycles. The van der Waals surface area contributed by atoms with Gasteiger partial charge >= 0.3 is 0 Å². The zero-order chi connectivity index (χ0) is 19.8. The maximum Gasteiger partial charge on any atom is 0.284 e. The summed E-state index contributed by atoms with van der Waals surface area (Å²) in [6.07, 6.45) is 2.63. The quantitative estimate of drug-likeness (QED) is 0.480. The fourth-order valence-electron chi connectivity index (χ4n) is 3.24. The molecular weight excluding hydrogens is 354 g/mol. The van der Waals surface area contributed by atoms with Crippen LogP contribution in [0.15, 0.2) is 45.8 Å². The molecule has 0 bridgehead atoms. The van der Waals surface area contributed by atoms with Crippen LogP contribution in [0.2, 0.25) is 0 Å². The molecule has 150 valence electrons. The molecule has 1 aliphatic rings. The largest absolute Gasteiger partial charge is 0.454 e. The topological polar surface area (TPSA) is 95.9 Å². The van der Waals surface area contributed by atoms with Crippen molar-refractivity contribution in [1.82, 2.24) is 15.5 Å². The molecule has 7 heteroatoms. The highest BCUT2D eigenvalue weighted by Crippen LogP contribution is 2.13. The fourth-order valence-corrected chi connectivity index (χ4v) is 3.24. The Bertz CT molecular complexity index is 791. The van der Waals surface area contributed by atoms with Crippen molar-refractivity contribution in [2.45, 2.75) is 39.4 Å². The predicted octanol–water partition coefficient (Wildman–Crippen LogP) is 2.23. The lowest BCUT2D eigenvalue weighted by Gasteiger charge is -2.14. The summed E-state index contributed by atoms with van der Waals surface area (Å²) in [6, 6.07) is 12.0. The highest BCUT2D eigenvalue weighted by molar-refractivity contribution is 5.89. The van der Waals surface area contributed by atoms with Gasteiger partial charge in [0.1, 0.15) is 5.76 Å². The number of benzene rings is 1. The second-order valence-electron chi connectivity index (χ2n) is 6.98. The predicted molar refractivity (Wildman–Crippen MR) is 110 cm³/mol. The van der Waals surface area contributed by atoms with Gasteiger partial charge in [0.25, 0.3) is 5.91 Å². The Kier molecular flexibility index (Phi) is 7.08. The average molecular weight is 383 g/mol. The van der Waals surface area contributed by atoms with Crippen LogP contribution in [0.5, 0.6) is 0 Å². The third-order valence-corrected chi connectivity index (χ3v) is 4.73. The lowest BCUT2D eigenvalue weighted by atomic mass is 10.1. The van der Waals surface area contributed by atoms with Crippen LogP contribution < -0.4 is 16.4 Å². The first-order valence-corrected chi connectivity index (χ1v) is 9.85. The molecule has 28 heavy (non-hydrogen) atoms. The number of carbonyl (C=O) groups is 1. The summed E-state index contributed by atoms with van der Waals surface area (Å²) in [5, 5.41) is 6.42. The van der Waals surface area contributed by atoms with Gasteiger partial charge in [-0.15, -0.1) is 0 Å². The van der Waals surface area contributed by atoms with Crippen LogP contribution in [0.1, 0.15) is 47.2 Å². The highest BCUT2D eigenvalue weighted by Gasteiger charge is 2.11. The van der Waals surface area contributed by atoms with E-state index in [9.17, 15) is 4.79 Å². The molecule has 0 atom stereocenters. The number of furan rings is 1. The van der Waals surface area contributed by atoms with Crippen LogP contribution in [0.25, 0.3) is 0 Å². The Morgan fingerprint density at radius 1 is 1.11 bits per heavy atom. The number of nitrogens with two attached hydrogens (primary N) is 1. The van der Waals surface area contributed by atoms with Crippen molar-refractivity contribution in [3.63, 3.8) is 0 Å². The van der Waals surface area contributed by atoms with Crippen LogP contribution in [-0.2, 0) is 19.6 Å². The summed E-state index contributed by atoms with van der Waals surface area (Å²) in [5.41, 5.74) is 7.72. The second-order valence-corrected chi connectivity index (χ2v) is 6.98. The van der Waals surface area contributed by atoms with E-state index in [1.165, 1.54) is 31.5 Å². The summed E-state index contributed by atoms with van der Waals surface area (Å²) in [6.45, 7) is 7.23. The molecule has 1 aromatic heterocycles. The molecule has 2 aromatic rings. The molecule has 0 unspecified atom stereocenters. The van der Waals surface area contributed by atoms with Crippen LogP contribution >= 0.6 is 0 Å². The number of nitrogens with one attached hydrogen (secondary N) is 2. The van der Waals surface area contributed by atoms with Crippen molar-refractivity contribution in [2.75, 3.05) is 19.6 Å². The molecule has 3 rings (SSSR count). The standard InChI is InChI=1S/C21H29N5O2/c1-2-23-21(25-14-18-9-10-19(28-18)20(22)27)24-13-16-5-7-17(8-6-16)15-26-11-3-4-12-26/h5-10H,2-4,11-15H2,1H3,(H2,22,27)(H2,23,24,25). The van der Waals surface area contributed by atoms with Gasteiger partial charge in [-0.05, 0) is 56.1 Å². The van der Waals surface area contributed by atoms with Crippen molar-refractivity contribution in [3.8, 4) is 0 Å². The van der Waals surface area contributed by atoms with Gasteiger partial charge in [0.15, 0.2) is 11.7 Å². The zero-order valence-corrected chi connectivity index (χ0v) is 16.4. The molecule has 4 N–H and O–H groups in total. The smallest absolute Gasteiger partial charge is 0.284 e. The number of nitrogens with zero attached hydrogens (tertiary/aromatic N) is 2. The van der Waals surface area contributed by atoms with Gasteiger partial charge in [0.05, 0.1) is 13.1 Å². The van der Waals surface area contributed by atoms with Crippen molar-refractivity contribution in [3.05, 3.63) is 59.0 Å². The summed E-state index contributed by atoms with van der Waals surface area (Å²) in [4.78, 5) is 18.2. The van der Waals surface area contributed by atoms with E-state index < -0.39 is 5.91 Å². The van der Waals surface area contributed by atoms with Gasteiger partial charge in [-0.2, -0.15) is 0 Å². The lowest BCUT2D eigenvalue weighted by molar-refractivity contribution is 0.0972. The van der Waals surface area contributed by atoms with E-state index in [1.807, 2.05) is 6.92 Å². The van der Waals surface area contributed by atoms with Crippen molar-refractivity contribution in [2.24, 2.45) is 10.7 Å². The van der Waals surface area contributed by atoms with Crippen molar-refractivity contribution < 1.29 is 9.21 Å². The van der Waals surface area contributed by atoms with Crippen LogP contribution in [0.3, 0.4) is 0 Å². The third kappa shape index (κ3) is 5.85. The number of hydrogen-bond acceptors (Lipinski definition) is 4. The monoisotopic (exact) mass is 383 g/mol. The van der Waals surface area contributed by atoms with Crippen LogP contribution in [-0.4, -0.2) is 36.4 Å². The Morgan fingerprint density at radius 3 is 2.46 bits per heavy atom. The van der Waals surface area contributed by atoms with Crippen molar-refractivity contribution in [1.29, 1.82) is 0 Å². The van der Waals surface area contributed by atoms with Gasteiger partial charge in [0.2, 0.25) is 0 Å². The Hall–Kier alpha value is -2.80. The minimum Gasteiger partial charge on any atom is -0.454 e. The normalized spacial score (nSPS) is 15.0. The summed E-state index contributed by atoms with van der Waals surface area (Å²) < 4.78 is 5.38. The van der Waals surface area contributed by atoms with E-state index in [0.717, 1.165) is 18.7 Å². The number of guanidine groups is 1. The molecule has 1 aromatic carbocycles. The number of aliphatic imine (C=N–C) groups is 1. The minimum absolute atomic E-state index is 0.160.